The fourth-order valence-electron chi connectivity index (χ4n) is 3.54. The van der Waals surface area contributed by atoms with Crippen LogP contribution in [0.1, 0.15) is 11.1 Å². The third kappa shape index (κ3) is 5.07. The maximum Gasteiger partial charge on any atom is 0.234 e. The van der Waals surface area contributed by atoms with Crippen LogP contribution in [0, 0.1) is 13.8 Å². The summed E-state index contributed by atoms with van der Waals surface area (Å²) in [6, 6.07) is 21.4. The molecule has 174 valence electrons. The quantitative estimate of drug-likeness (QED) is 0.349. The first-order chi connectivity index (χ1) is 16.5. The molecular formula is C26H26N4O3S. The van der Waals surface area contributed by atoms with Crippen molar-refractivity contribution in [3.05, 3.63) is 77.9 Å². The molecule has 34 heavy (non-hydrogen) atoms. The van der Waals surface area contributed by atoms with Gasteiger partial charge < -0.3 is 14.8 Å². The van der Waals surface area contributed by atoms with E-state index in [-0.39, 0.29) is 11.7 Å². The van der Waals surface area contributed by atoms with Crippen molar-refractivity contribution in [3.8, 4) is 28.6 Å². The van der Waals surface area contributed by atoms with Crippen LogP contribution in [0.3, 0.4) is 0 Å². The van der Waals surface area contributed by atoms with Crippen molar-refractivity contribution in [1.29, 1.82) is 0 Å². The van der Waals surface area contributed by atoms with Gasteiger partial charge in [0.05, 0.1) is 31.3 Å². The topological polar surface area (TPSA) is 78.3 Å². The molecule has 1 aromatic heterocycles. The van der Waals surface area contributed by atoms with E-state index in [0.29, 0.717) is 22.3 Å². The zero-order chi connectivity index (χ0) is 24.1. The van der Waals surface area contributed by atoms with Crippen LogP contribution in [0.25, 0.3) is 17.1 Å². The lowest BCUT2D eigenvalue weighted by Gasteiger charge is -2.14. The molecule has 0 fully saturated rings. The van der Waals surface area contributed by atoms with E-state index < -0.39 is 0 Å². The number of aromatic nitrogens is 3. The number of hydrogen-bond acceptors (Lipinski definition) is 6. The summed E-state index contributed by atoms with van der Waals surface area (Å²) >= 11 is 1.33. The SMILES string of the molecule is COc1ccc(OC)c(NC(=O)CSc2nnc(-c3ccccc3)n2-c2cc(C)ccc2C)c1. The molecule has 0 aliphatic carbocycles. The average molecular weight is 475 g/mol. The third-order valence-corrected chi connectivity index (χ3v) is 6.21. The van der Waals surface area contributed by atoms with E-state index in [1.165, 1.54) is 11.8 Å². The van der Waals surface area contributed by atoms with Crippen LogP contribution in [-0.2, 0) is 4.79 Å². The average Bonchev–Trinajstić information content (AvgIpc) is 3.28. The first-order valence-corrected chi connectivity index (χ1v) is 11.7. The molecule has 4 aromatic rings. The monoisotopic (exact) mass is 474 g/mol. The largest absolute Gasteiger partial charge is 0.497 e. The number of carbonyl (C=O) groups is 1. The summed E-state index contributed by atoms with van der Waals surface area (Å²) in [7, 11) is 3.14. The van der Waals surface area contributed by atoms with Crippen molar-refractivity contribution in [1.82, 2.24) is 14.8 Å². The van der Waals surface area contributed by atoms with E-state index in [9.17, 15) is 4.79 Å². The second-order valence-corrected chi connectivity index (χ2v) is 8.64. The number of anilines is 1. The number of carbonyl (C=O) groups excluding carboxylic acids is 1. The highest BCUT2D eigenvalue weighted by Crippen LogP contribution is 2.31. The fraction of sp³-hybridized carbons (Fsp3) is 0.192. The van der Waals surface area contributed by atoms with Gasteiger partial charge in [0.1, 0.15) is 11.5 Å². The summed E-state index contributed by atoms with van der Waals surface area (Å²) in [6.07, 6.45) is 0. The Morgan fingerprint density at radius 3 is 2.50 bits per heavy atom. The summed E-state index contributed by atoms with van der Waals surface area (Å²) in [5, 5.41) is 12.4. The first kappa shape index (κ1) is 23.4. The smallest absolute Gasteiger partial charge is 0.234 e. The summed E-state index contributed by atoms with van der Waals surface area (Å²) in [4.78, 5) is 12.8. The fourth-order valence-corrected chi connectivity index (χ4v) is 4.29. The van der Waals surface area contributed by atoms with E-state index in [1.54, 1.807) is 32.4 Å². The number of aryl methyl sites for hydroxylation is 2. The van der Waals surface area contributed by atoms with E-state index >= 15 is 0 Å². The summed E-state index contributed by atoms with van der Waals surface area (Å²) in [5.41, 5.74) is 4.71. The Bertz CT molecular complexity index is 1300. The second-order valence-electron chi connectivity index (χ2n) is 7.70. The Morgan fingerprint density at radius 2 is 1.76 bits per heavy atom. The standard InChI is InChI=1S/C26H26N4O3S/c1-17-10-11-18(2)22(14-17)30-25(19-8-6-5-7-9-19)28-29-26(30)34-16-24(31)27-21-15-20(32-3)12-13-23(21)33-4/h5-15H,16H2,1-4H3,(H,27,31). The lowest BCUT2D eigenvalue weighted by molar-refractivity contribution is -0.113. The number of benzene rings is 3. The van der Waals surface area contributed by atoms with Crippen LogP contribution < -0.4 is 14.8 Å². The summed E-state index contributed by atoms with van der Waals surface area (Å²) in [5.74, 6) is 1.88. The van der Waals surface area contributed by atoms with Gasteiger partial charge in [-0.15, -0.1) is 10.2 Å². The van der Waals surface area contributed by atoms with Gasteiger partial charge in [-0.2, -0.15) is 0 Å². The van der Waals surface area contributed by atoms with Crippen LogP contribution in [-0.4, -0.2) is 40.6 Å². The Balaban J connectivity index is 1.62. The summed E-state index contributed by atoms with van der Waals surface area (Å²) in [6.45, 7) is 4.11. The second kappa shape index (κ2) is 10.4. The van der Waals surface area contributed by atoms with Crippen molar-refractivity contribution in [2.24, 2.45) is 0 Å². The van der Waals surface area contributed by atoms with Gasteiger partial charge in [0.2, 0.25) is 5.91 Å². The minimum atomic E-state index is -0.187. The molecule has 4 rings (SSSR count). The van der Waals surface area contributed by atoms with Crippen molar-refractivity contribution >= 4 is 23.4 Å². The Kier molecular flexibility index (Phi) is 7.18. The predicted octanol–water partition coefficient (Wildman–Crippen LogP) is 5.30. The molecule has 0 unspecified atom stereocenters. The van der Waals surface area contributed by atoms with E-state index in [2.05, 4.69) is 47.6 Å². The zero-order valence-electron chi connectivity index (χ0n) is 19.5. The molecule has 0 aliphatic rings. The normalized spacial score (nSPS) is 10.7. The molecule has 8 heteroatoms. The van der Waals surface area contributed by atoms with Crippen molar-refractivity contribution in [2.45, 2.75) is 19.0 Å². The highest BCUT2D eigenvalue weighted by atomic mass is 32.2. The van der Waals surface area contributed by atoms with Crippen LogP contribution in [0.15, 0.2) is 71.9 Å². The van der Waals surface area contributed by atoms with Crippen LogP contribution in [0.5, 0.6) is 11.5 Å². The van der Waals surface area contributed by atoms with Crippen molar-refractivity contribution in [3.63, 3.8) is 0 Å². The molecule has 7 nitrogen and oxygen atoms in total. The van der Waals surface area contributed by atoms with Gasteiger partial charge in [-0.05, 0) is 43.2 Å². The van der Waals surface area contributed by atoms with Gasteiger partial charge in [-0.3, -0.25) is 9.36 Å². The molecule has 0 spiro atoms. The van der Waals surface area contributed by atoms with E-state index in [0.717, 1.165) is 28.2 Å². The number of methoxy groups -OCH3 is 2. The number of nitrogens with one attached hydrogen (secondary N) is 1. The number of thioether (sulfide) groups is 1. The van der Waals surface area contributed by atoms with Gasteiger partial charge in [-0.25, -0.2) is 0 Å². The first-order valence-electron chi connectivity index (χ1n) is 10.7. The number of ether oxygens (including phenoxy) is 2. The number of hydrogen-bond donors (Lipinski definition) is 1. The molecule has 1 amide bonds. The molecule has 0 saturated carbocycles. The van der Waals surface area contributed by atoms with Gasteiger partial charge in [0.25, 0.3) is 0 Å². The van der Waals surface area contributed by atoms with Gasteiger partial charge in [0.15, 0.2) is 11.0 Å². The van der Waals surface area contributed by atoms with E-state index in [1.807, 2.05) is 34.9 Å². The van der Waals surface area contributed by atoms with Gasteiger partial charge in [-0.1, -0.05) is 54.2 Å². The molecule has 0 aliphatic heterocycles. The molecular weight excluding hydrogens is 448 g/mol. The molecule has 0 atom stereocenters. The minimum Gasteiger partial charge on any atom is -0.497 e. The highest BCUT2D eigenvalue weighted by molar-refractivity contribution is 7.99. The van der Waals surface area contributed by atoms with Crippen molar-refractivity contribution < 1.29 is 14.3 Å². The zero-order valence-corrected chi connectivity index (χ0v) is 20.3. The molecule has 0 radical (unpaired) electrons. The highest BCUT2D eigenvalue weighted by Gasteiger charge is 2.19. The molecule has 1 N–H and O–H groups in total. The number of nitrogens with zero attached hydrogens (tertiary/aromatic N) is 3. The van der Waals surface area contributed by atoms with Crippen LogP contribution >= 0.6 is 11.8 Å². The maximum absolute atomic E-state index is 12.8. The maximum atomic E-state index is 12.8. The molecule has 3 aromatic carbocycles. The molecule has 0 bridgehead atoms. The predicted molar refractivity (Wildman–Crippen MR) is 135 cm³/mol. The van der Waals surface area contributed by atoms with E-state index in [4.69, 9.17) is 9.47 Å². The lowest BCUT2D eigenvalue weighted by atomic mass is 10.1. The Labute approximate surface area is 203 Å². The Hall–Kier alpha value is -3.78. The summed E-state index contributed by atoms with van der Waals surface area (Å²) < 4.78 is 12.6. The lowest BCUT2D eigenvalue weighted by Crippen LogP contribution is -2.15. The van der Waals surface area contributed by atoms with Gasteiger partial charge in [0, 0.05) is 11.6 Å². The van der Waals surface area contributed by atoms with Gasteiger partial charge >= 0.3 is 0 Å². The minimum absolute atomic E-state index is 0.151. The third-order valence-electron chi connectivity index (χ3n) is 5.28. The van der Waals surface area contributed by atoms with Crippen molar-refractivity contribution in [2.75, 3.05) is 25.3 Å². The molecule has 1 heterocycles. The Morgan fingerprint density at radius 1 is 0.971 bits per heavy atom. The van der Waals surface area contributed by atoms with Crippen LogP contribution in [0.2, 0.25) is 0 Å². The van der Waals surface area contributed by atoms with Crippen LogP contribution in [0.4, 0.5) is 5.69 Å². The number of rotatable bonds is 8. The molecule has 0 saturated heterocycles. The number of amides is 1.